The Labute approximate surface area is 153 Å². The molecule has 3 aromatic carbocycles. The van der Waals surface area contributed by atoms with Crippen LogP contribution in [-0.4, -0.2) is 20.9 Å². The number of hydrogen-bond acceptors (Lipinski definition) is 2. The summed E-state index contributed by atoms with van der Waals surface area (Å²) in [5.74, 6) is 0. The van der Waals surface area contributed by atoms with E-state index < -0.39 is 18.1 Å². The van der Waals surface area contributed by atoms with Crippen LogP contribution in [0.1, 0.15) is 0 Å². The van der Waals surface area contributed by atoms with Crippen molar-refractivity contribution in [2.24, 2.45) is 0 Å². The van der Waals surface area contributed by atoms with Crippen LogP contribution in [0.4, 0.5) is 0 Å². The van der Waals surface area contributed by atoms with Gasteiger partial charge in [-0.25, -0.2) is 8.42 Å². The third-order valence-electron chi connectivity index (χ3n) is 5.20. The second-order valence-corrected chi connectivity index (χ2v) is 14.6. The molecule has 3 nitrogen and oxygen atoms in total. The number of sulfone groups is 1. The Kier molecular flexibility index (Phi) is 2.97. The highest BCUT2D eigenvalue weighted by Crippen LogP contribution is 2.46. The minimum absolute atomic E-state index is 0.423. The van der Waals surface area contributed by atoms with Crippen molar-refractivity contribution in [2.45, 2.75) is 29.4 Å². The molecule has 4 aromatic rings. The lowest BCUT2D eigenvalue weighted by atomic mass is 10.0. The summed E-state index contributed by atoms with van der Waals surface area (Å²) in [7, 11) is -5.15. The number of aromatic nitrogens is 1. The van der Waals surface area contributed by atoms with Gasteiger partial charge in [-0.2, -0.15) is 0 Å². The largest absolute Gasteiger partial charge is 0.368 e. The van der Waals surface area contributed by atoms with Gasteiger partial charge < -0.3 is 4.23 Å². The maximum absolute atomic E-state index is 13.1. The van der Waals surface area contributed by atoms with E-state index in [2.05, 4.69) is 48.1 Å². The average molecular weight is 378 g/mol. The summed E-state index contributed by atoms with van der Waals surface area (Å²) < 4.78 is 28.6. The standard InChI is InChI=1S/C21H19NO2SSi/c1-26(2,3)22-18-10-6-4-8-14(18)16-13-21-17(12-19(16)22)15-9-5-7-11-20(15)25(21,23)24/h4-13H,1-3H3. The van der Waals surface area contributed by atoms with Crippen molar-refractivity contribution in [3.63, 3.8) is 0 Å². The normalized spacial score (nSPS) is 15.3. The molecular weight excluding hydrogens is 358 g/mol. The molecule has 0 unspecified atom stereocenters. The molecule has 1 aromatic heterocycles. The van der Waals surface area contributed by atoms with Crippen LogP contribution in [0.15, 0.2) is 70.5 Å². The Morgan fingerprint density at radius 2 is 1.42 bits per heavy atom. The average Bonchev–Trinajstić information content (AvgIpc) is 3.04. The van der Waals surface area contributed by atoms with Crippen molar-refractivity contribution < 1.29 is 8.42 Å². The Bertz CT molecular complexity index is 1330. The van der Waals surface area contributed by atoms with Crippen molar-refractivity contribution in [3.05, 3.63) is 60.7 Å². The molecule has 0 aliphatic carbocycles. The van der Waals surface area contributed by atoms with E-state index in [1.807, 2.05) is 24.3 Å². The van der Waals surface area contributed by atoms with Crippen LogP contribution in [0, 0.1) is 0 Å². The summed E-state index contributed by atoms with van der Waals surface area (Å²) in [5, 5.41) is 2.15. The van der Waals surface area contributed by atoms with Gasteiger partial charge in [-0.3, -0.25) is 0 Å². The van der Waals surface area contributed by atoms with E-state index in [-0.39, 0.29) is 0 Å². The minimum atomic E-state index is -3.45. The van der Waals surface area contributed by atoms with Gasteiger partial charge >= 0.3 is 0 Å². The van der Waals surface area contributed by atoms with Gasteiger partial charge in [-0.05, 0) is 24.3 Å². The number of rotatable bonds is 1. The molecule has 1 aliphatic heterocycles. The van der Waals surface area contributed by atoms with Crippen LogP contribution in [0.3, 0.4) is 0 Å². The van der Waals surface area contributed by atoms with Gasteiger partial charge in [-0.1, -0.05) is 56.0 Å². The Balaban J connectivity index is 2.02. The van der Waals surface area contributed by atoms with Gasteiger partial charge in [0.15, 0.2) is 8.24 Å². The zero-order valence-corrected chi connectivity index (χ0v) is 16.8. The van der Waals surface area contributed by atoms with E-state index in [4.69, 9.17) is 0 Å². The van der Waals surface area contributed by atoms with E-state index in [1.165, 1.54) is 5.52 Å². The number of hydrogen-bond donors (Lipinski definition) is 0. The molecule has 0 N–H and O–H groups in total. The third kappa shape index (κ3) is 1.90. The van der Waals surface area contributed by atoms with E-state index in [9.17, 15) is 8.42 Å². The van der Waals surface area contributed by atoms with E-state index in [0.717, 1.165) is 27.4 Å². The molecule has 0 radical (unpaired) electrons. The van der Waals surface area contributed by atoms with E-state index in [1.54, 1.807) is 12.1 Å². The summed E-state index contributed by atoms with van der Waals surface area (Å²) in [6.07, 6.45) is 0. The quantitative estimate of drug-likeness (QED) is 0.372. The highest BCUT2D eigenvalue weighted by atomic mass is 32.2. The van der Waals surface area contributed by atoms with Crippen LogP contribution in [0.2, 0.25) is 19.6 Å². The van der Waals surface area contributed by atoms with Crippen LogP contribution < -0.4 is 0 Å². The van der Waals surface area contributed by atoms with Gasteiger partial charge in [0.2, 0.25) is 9.84 Å². The fourth-order valence-corrected chi connectivity index (χ4v) is 7.71. The molecule has 0 fully saturated rings. The first-order chi connectivity index (χ1) is 12.3. The van der Waals surface area contributed by atoms with Gasteiger partial charge in [0.1, 0.15) is 0 Å². The van der Waals surface area contributed by atoms with Crippen molar-refractivity contribution in [2.75, 3.05) is 0 Å². The molecule has 2 heterocycles. The summed E-state index contributed by atoms with van der Waals surface area (Å²) in [5.41, 5.74) is 3.97. The van der Waals surface area contributed by atoms with Crippen molar-refractivity contribution in [3.8, 4) is 11.1 Å². The number of nitrogens with zero attached hydrogens (tertiary/aromatic N) is 1. The highest BCUT2D eigenvalue weighted by Gasteiger charge is 2.34. The molecule has 0 bridgehead atoms. The molecule has 0 saturated heterocycles. The molecule has 0 amide bonds. The summed E-state index contributed by atoms with van der Waals surface area (Å²) in [4.78, 5) is 0.858. The van der Waals surface area contributed by atoms with Crippen molar-refractivity contribution >= 4 is 39.9 Å². The summed E-state index contributed by atoms with van der Waals surface area (Å²) in [6.45, 7) is 6.95. The first kappa shape index (κ1) is 15.8. The highest BCUT2D eigenvalue weighted by molar-refractivity contribution is 7.92. The SMILES string of the molecule is C[Si](C)(C)n1c2ccccc2c2cc3c(cc21)-c1ccccc1S3(=O)=O. The molecule has 5 rings (SSSR count). The number of benzene rings is 3. The predicted molar refractivity (Wildman–Crippen MR) is 109 cm³/mol. The molecule has 0 saturated carbocycles. The molecule has 1 aliphatic rings. The first-order valence-electron chi connectivity index (χ1n) is 8.72. The Hall–Kier alpha value is -2.37. The molecule has 130 valence electrons. The van der Waals surface area contributed by atoms with Crippen LogP contribution in [-0.2, 0) is 9.84 Å². The topological polar surface area (TPSA) is 39.1 Å². The maximum Gasteiger partial charge on any atom is 0.207 e. The zero-order chi connectivity index (χ0) is 18.3. The fraction of sp³-hybridized carbons (Fsp3) is 0.143. The van der Waals surface area contributed by atoms with Gasteiger partial charge in [-0.15, -0.1) is 0 Å². The third-order valence-corrected chi connectivity index (χ3v) is 8.88. The van der Waals surface area contributed by atoms with Gasteiger partial charge in [0.25, 0.3) is 0 Å². The molecule has 0 atom stereocenters. The van der Waals surface area contributed by atoms with Gasteiger partial charge in [0, 0.05) is 32.9 Å². The van der Waals surface area contributed by atoms with Gasteiger partial charge in [0.05, 0.1) is 9.79 Å². The zero-order valence-electron chi connectivity index (χ0n) is 14.9. The number of fused-ring (bicyclic) bond motifs is 6. The molecule has 5 heteroatoms. The smallest absolute Gasteiger partial charge is 0.207 e. The second-order valence-electron chi connectivity index (χ2n) is 7.89. The van der Waals surface area contributed by atoms with Crippen molar-refractivity contribution in [1.29, 1.82) is 0 Å². The molecule has 0 spiro atoms. The predicted octanol–water partition coefficient (Wildman–Crippen LogP) is 5.29. The van der Waals surface area contributed by atoms with Crippen LogP contribution in [0.5, 0.6) is 0 Å². The Morgan fingerprint density at radius 1 is 0.731 bits per heavy atom. The summed E-state index contributed by atoms with van der Waals surface area (Å²) in [6, 6.07) is 19.6. The summed E-state index contributed by atoms with van der Waals surface area (Å²) >= 11 is 0. The maximum atomic E-state index is 13.1. The lowest BCUT2D eigenvalue weighted by molar-refractivity contribution is 0.599. The lowest BCUT2D eigenvalue weighted by Gasteiger charge is -2.22. The first-order valence-corrected chi connectivity index (χ1v) is 13.7. The van der Waals surface area contributed by atoms with Crippen LogP contribution in [0.25, 0.3) is 32.9 Å². The monoisotopic (exact) mass is 377 g/mol. The van der Waals surface area contributed by atoms with Crippen LogP contribution >= 0.6 is 0 Å². The van der Waals surface area contributed by atoms with E-state index >= 15 is 0 Å². The fourth-order valence-electron chi connectivity index (χ4n) is 4.19. The molecular formula is C21H19NO2SSi. The van der Waals surface area contributed by atoms with E-state index in [0.29, 0.717) is 9.79 Å². The lowest BCUT2D eigenvalue weighted by Crippen LogP contribution is -2.31. The Morgan fingerprint density at radius 3 is 2.19 bits per heavy atom. The number of para-hydroxylation sites is 1. The van der Waals surface area contributed by atoms with Crippen molar-refractivity contribution in [1.82, 2.24) is 4.23 Å². The second kappa shape index (κ2) is 4.87. The minimum Gasteiger partial charge on any atom is -0.368 e. The molecule has 26 heavy (non-hydrogen) atoms.